The SMILES string of the molecule is CCC(N)(CC)CNC(=O)C1COCCO1.Cl. The maximum atomic E-state index is 11.7. The van der Waals surface area contributed by atoms with Crippen LogP contribution in [0.1, 0.15) is 26.7 Å². The van der Waals surface area contributed by atoms with E-state index < -0.39 is 6.10 Å². The number of carbonyl (C=O) groups is 1. The van der Waals surface area contributed by atoms with Gasteiger partial charge in [-0.15, -0.1) is 12.4 Å². The van der Waals surface area contributed by atoms with Gasteiger partial charge in [-0.3, -0.25) is 4.79 Å². The van der Waals surface area contributed by atoms with E-state index in [9.17, 15) is 4.79 Å². The van der Waals surface area contributed by atoms with Crippen molar-refractivity contribution in [1.29, 1.82) is 0 Å². The molecule has 3 N–H and O–H groups in total. The molecule has 0 spiro atoms. The second kappa shape index (κ2) is 7.87. The van der Waals surface area contributed by atoms with Crippen LogP contribution in [-0.2, 0) is 14.3 Å². The molecular formula is C11H23ClN2O3. The van der Waals surface area contributed by atoms with Crippen molar-refractivity contribution in [3.63, 3.8) is 0 Å². The Balaban J connectivity index is 0.00000256. The first-order valence-corrected chi connectivity index (χ1v) is 5.87. The molecule has 5 nitrogen and oxygen atoms in total. The lowest BCUT2D eigenvalue weighted by atomic mass is 9.94. The third-order valence-corrected chi connectivity index (χ3v) is 3.13. The van der Waals surface area contributed by atoms with Crippen molar-refractivity contribution >= 4 is 18.3 Å². The highest BCUT2D eigenvalue weighted by Gasteiger charge is 2.26. The van der Waals surface area contributed by atoms with Gasteiger partial charge in [0.05, 0.1) is 19.8 Å². The van der Waals surface area contributed by atoms with Crippen molar-refractivity contribution < 1.29 is 14.3 Å². The number of carbonyl (C=O) groups excluding carboxylic acids is 1. The van der Waals surface area contributed by atoms with Crippen molar-refractivity contribution in [1.82, 2.24) is 5.32 Å². The standard InChI is InChI=1S/C11H22N2O3.ClH/c1-3-11(12,4-2)8-13-10(14)9-7-15-5-6-16-9;/h9H,3-8,12H2,1-2H3,(H,13,14);1H. The van der Waals surface area contributed by atoms with Crippen molar-refractivity contribution in [2.75, 3.05) is 26.4 Å². The number of amides is 1. The molecule has 0 aromatic rings. The van der Waals surface area contributed by atoms with Crippen molar-refractivity contribution in [2.24, 2.45) is 5.73 Å². The highest BCUT2D eigenvalue weighted by atomic mass is 35.5. The Bertz CT molecular complexity index is 229. The predicted molar refractivity (Wildman–Crippen MR) is 68.3 cm³/mol. The molecule has 0 aromatic heterocycles. The van der Waals surface area contributed by atoms with E-state index in [4.69, 9.17) is 15.2 Å². The summed E-state index contributed by atoms with van der Waals surface area (Å²) in [5.41, 5.74) is 5.77. The van der Waals surface area contributed by atoms with E-state index in [1.807, 2.05) is 13.8 Å². The van der Waals surface area contributed by atoms with Crippen LogP contribution in [0.25, 0.3) is 0 Å². The number of nitrogens with one attached hydrogen (secondary N) is 1. The molecule has 1 heterocycles. The predicted octanol–water partition coefficient (Wildman–Crippen LogP) is 0.457. The maximum absolute atomic E-state index is 11.7. The molecule has 0 aliphatic carbocycles. The Kier molecular flexibility index (Phi) is 7.70. The Morgan fingerprint density at radius 1 is 1.41 bits per heavy atom. The Labute approximate surface area is 109 Å². The van der Waals surface area contributed by atoms with E-state index >= 15 is 0 Å². The van der Waals surface area contributed by atoms with Crippen LogP contribution in [0.2, 0.25) is 0 Å². The lowest BCUT2D eigenvalue weighted by molar-refractivity contribution is -0.147. The fourth-order valence-electron chi connectivity index (χ4n) is 1.52. The van der Waals surface area contributed by atoms with Crippen LogP contribution >= 0.6 is 12.4 Å². The summed E-state index contributed by atoms with van der Waals surface area (Å²) in [5, 5.41) is 2.83. The molecule has 102 valence electrons. The third kappa shape index (κ3) is 5.21. The lowest BCUT2D eigenvalue weighted by Crippen LogP contribution is -2.52. The molecule has 0 aromatic carbocycles. The largest absolute Gasteiger partial charge is 0.376 e. The first-order valence-electron chi connectivity index (χ1n) is 5.87. The molecule has 1 unspecified atom stereocenters. The van der Waals surface area contributed by atoms with Gasteiger partial charge in [0.1, 0.15) is 0 Å². The first-order chi connectivity index (χ1) is 7.61. The molecular weight excluding hydrogens is 244 g/mol. The number of hydrogen-bond donors (Lipinski definition) is 2. The van der Waals surface area contributed by atoms with Gasteiger partial charge in [-0.2, -0.15) is 0 Å². The molecule has 1 amide bonds. The van der Waals surface area contributed by atoms with Gasteiger partial charge in [-0.05, 0) is 12.8 Å². The van der Waals surface area contributed by atoms with Gasteiger partial charge in [0.25, 0.3) is 5.91 Å². The van der Waals surface area contributed by atoms with Crippen LogP contribution in [0, 0.1) is 0 Å². The molecule has 0 saturated carbocycles. The van der Waals surface area contributed by atoms with Gasteiger partial charge in [-0.1, -0.05) is 13.8 Å². The van der Waals surface area contributed by atoms with Gasteiger partial charge in [0, 0.05) is 12.1 Å². The fourth-order valence-corrected chi connectivity index (χ4v) is 1.52. The third-order valence-electron chi connectivity index (χ3n) is 3.13. The Morgan fingerprint density at radius 3 is 2.53 bits per heavy atom. The van der Waals surface area contributed by atoms with Crippen LogP contribution in [0.15, 0.2) is 0 Å². The summed E-state index contributed by atoms with van der Waals surface area (Å²) in [6.45, 7) is 5.91. The molecule has 1 aliphatic heterocycles. The van der Waals surface area contributed by atoms with Gasteiger partial charge < -0.3 is 20.5 Å². The van der Waals surface area contributed by atoms with E-state index in [1.54, 1.807) is 0 Å². The van der Waals surface area contributed by atoms with Gasteiger partial charge in [-0.25, -0.2) is 0 Å². The average molecular weight is 267 g/mol. The zero-order valence-electron chi connectivity index (χ0n) is 10.5. The number of ether oxygens (including phenoxy) is 2. The number of hydrogen-bond acceptors (Lipinski definition) is 4. The van der Waals surface area contributed by atoms with E-state index in [0.29, 0.717) is 26.4 Å². The topological polar surface area (TPSA) is 73.6 Å². The summed E-state index contributed by atoms with van der Waals surface area (Å²) >= 11 is 0. The van der Waals surface area contributed by atoms with Gasteiger partial charge in [0.2, 0.25) is 0 Å². The second-order valence-corrected chi connectivity index (χ2v) is 4.22. The zero-order valence-corrected chi connectivity index (χ0v) is 11.3. The van der Waals surface area contributed by atoms with Gasteiger partial charge >= 0.3 is 0 Å². The summed E-state index contributed by atoms with van der Waals surface area (Å²) in [5.74, 6) is -0.128. The Hall–Kier alpha value is -0.360. The van der Waals surface area contributed by atoms with E-state index in [1.165, 1.54) is 0 Å². The van der Waals surface area contributed by atoms with Crippen molar-refractivity contribution in [2.45, 2.75) is 38.3 Å². The van der Waals surface area contributed by atoms with Crippen LogP contribution in [0.3, 0.4) is 0 Å². The summed E-state index contributed by atoms with van der Waals surface area (Å²) in [6, 6.07) is 0. The summed E-state index contributed by atoms with van der Waals surface area (Å²) in [6.07, 6.45) is 1.20. The molecule has 1 fully saturated rings. The fraction of sp³-hybridized carbons (Fsp3) is 0.909. The summed E-state index contributed by atoms with van der Waals surface area (Å²) < 4.78 is 10.5. The zero-order chi connectivity index (χ0) is 12.0. The molecule has 1 atom stereocenters. The minimum Gasteiger partial charge on any atom is -0.376 e. The quantitative estimate of drug-likeness (QED) is 0.758. The molecule has 1 aliphatic rings. The maximum Gasteiger partial charge on any atom is 0.251 e. The minimum absolute atomic E-state index is 0. The first kappa shape index (κ1) is 16.6. The average Bonchev–Trinajstić information content (AvgIpc) is 2.36. The highest BCUT2D eigenvalue weighted by Crippen LogP contribution is 2.10. The summed E-state index contributed by atoms with van der Waals surface area (Å²) in [4.78, 5) is 11.7. The number of nitrogens with two attached hydrogens (primary N) is 1. The van der Waals surface area contributed by atoms with Crippen LogP contribution in [0.4, 0.5) is 0 Å². The summed E-state index contributed by atoms with van der Waals surface area (Å²) in [7, 11) is 0. The normalized spacial score (nSPS) is 20.5. The van der Waals surface area contributed by atoms with E-state index in [2.05, 4.69) is 5.32 Å². The molecule has 0 bridgehead atoms. The lowest BCUT2D eigenvalue weighted by Gasteiger charge is -2.28. The number of rotatable bonds is 5. The van der Waals surface area contributed by atoms with Crippen molar-refractivity contribution in [3.05, 3.63) is 0 Å². The molecule has 0 radical (unpaired) electrons. The van der Waals surface area contributed by atoms with E-state index in [0.717, 1.165) is 12.8 Å². The van der Waals surface area contributed by atoms with E-state index in [-0.39, 0.29) is 23.9 Å². The molecule has 1 rings (SSSR count). The monoisotopic (exact) mass is 266 g/mol. The van der Waals surface area contributed by atoms with Gasteiger partial charge in [0.15, 0.2) is 6.10 Å². The highest BCUT2D eigenvalue weighted by molar-refractivity contribution is 5.85. The Morgan fingerprint density at radius 2 is 2.06 bits per heavy atom. The second-order valence-electron chi connectivity index (χ2n) is 4.22. The molecule has 1 saturated heterocycles. The molecule has 17 heavy (non-hydrogen) atoms. The van der Waals surface area contributed by atoms with Crippen molar-refractivity contribution in [3.8, 4) is 0 Å². The molecule has 6 heteroatoms. The van der Waals surface area contributed by atoms with Crippen LogP contribution in [-0.4, -0.2) is 43.9 Å². The van der Waals surface area contributed by atoms with Crippen LogP contribution < -0.4 is 11.1 Å². The van der Waals surface area contributed by atoms with Crippen LogP contribution in [0.5, 0.6) is 0 Å². The number of halogens is 1. The minimum atomic E-state index is -0.480. The smallest absolute Gasteiger partial charge is 0.251 e.